The van der Waals surface area contributed by atoms with E-state index in [1.807, 2.05) is 0 Å². The van der Waals surface area contributed by atoms with Gasteiger partial charge in [0.15, 0.2) is 0 Å². The molecular formula is C16H16Cl2F2N2O2. The third-order valence-corrected chi connectivity index (χ3v) is 4.46. The predicted octanol–water partition coefficient (Wildman–Crippen LogP) is 3.99. The van der Waals surface area contributed by atoms with E-state index in [-0.39, 0.29) is 32.7 Å². The lowest BCUT2D eigenvalue weighted by molar-refractivity contribution is 0.408. The zero-order chi connectivity index (χ0) is 18.0. The highest BCUT2D eigenvalue weighted by atomic mass is 35.5. The number of hydrogen-bond acceptors (Lipinski definition) is 4. The highest BCUT2D eigenvalue weighted by Crippen LogP contribution is 2.41. The Morgan fingerprint density at radius 2 is 1.12 bits per heavy atom. The van der Waals surface area contributed by atoms with Crippen LogP contribution in [0.4, 0.5) is 8.78 Å². The molecule has 0 bridgehead atoms. The quantitative estimate of drug-likeness (QED) is 0.827. The molecule has 0 aromatic heterocycles. The van der Waals surface area contributed by atoms with E-state index in [0.717, 1.165) is 12.1 Å². The van der Waals surface area contributed by atoms with Crippen LogP contribution < -0.4 is 20.9 Å². The molecule has 0 aliphatic heterocycles. The number of hydrogen-bond donors (Lipinski definition) is 2. The summed E-state index contributed by atoms with van der Waals surface area (Å²) in [5.41, 5.74) is 11.9. The van der Waals surface area contributed by atoms with E-state index in [4.69, 9.17) is 44.1 Å². The Morgan fingerprint density at radius 3 is 1.42 bits per heavy atom. The summed E-state index contributed by atoms with van der Waals surface area (Å²) in [6.07, 6.45) is 0. The van der Waals surface area contributed by atoms with Gasteiger partial charge >= 0.3 is 0 Å². The third kappa shape index (κ3) is 3.28. The van der Waals surface area contributed by atoms with Crippen molar-refractivity contribution in [2.75, 3.05) is 14.2 Å². The zero-order valence-electron chi connectivity index (χ0n) is 12.9. The van der Waals surface area contributed by atoms with Crippen LogP contribution in [0, 0.1) is 11.6 Å². The van der Waals surface area contributed by atoms with Crippen LogP contribution in [0.25, 0.3) is 0 Å². The molecule has 0 radical (unpaired) electrons. The van der Waals surface area contributed by atoms with Gasteiger partial charge in [-0.1, -0.05) is 23.2 Å². The van der Waals surface area contributed by atoms with Crippen LogP contribution in [-0.4, -0.2) is 14.2 Å². The van der Waals surface area contributed by atoms with Crippen LogP contribution in [0.5, 0.6) is 11.5 Å². The van der Waals surface area contributed by atoms with Crippen molar-refractivity contribution in [2.24, 2.45) is 11.5 Å². The van der Waals surface area contributed by atoms with Crippen LogP contribution in [0.15, 0.2) is 24.3 Å². The smallest absolute Gasteiger partial charge is 0.138 e. The number of benzene rings is 2. The maximum absolute atomic E-state index is 14.2. The number of ether oxygens (including phenoxy) is 2. The van der Waals surface area contributed by atoms with Crippen molar-refractivity contribution in [1.29, 1.82) is 0 Å². The average molecular weight is 377 g/mol. The fraction of sp³-hybridized carbons (Fsp3) is 0.250. The molecule has 4 nitrogen and oxygen atoms in total. The fourth-order valence-corrected chi connectivity index (χ4v) is 3.10. The minimum atomic E-state index is -1.16. The molecule has 0 spiro atoms. The second-order valence-corrected chi connectivity index (χ2v) is 5.76. The molecule has 0 amide bonds. The largest absolute Gasteiger partial charge is 0.495 e. The van der Waals surface area contributed by atoms with Crippen molar-refractivity contribution in [1.82, 2.24) is 0 Å². The Morgan fingerprint density at radius 1 is 0.792 bits per heavy atom. The van der Waals surface area contributed by atoms with Gasteiger partial charge in [0.25, 0.3) is 0 Å². The normalized spacial score (nSPS) is 13.5. The van der Waals surface area contributed by atoms with Gasteiger partial charge in [-0.3, -0.25) is 0 Å². The highest BCUT2D eigenvalue weighted by molar-refractivity contribution is 6.33. The molecule has 8 heteroatoms. The Hall–Kier alpha value is -1.60. The number of nitrogens with two attached hydrogens (primary N) is 2. The van der Waals surface area contributed by atoms with Gasteiger partial charge in [-0.05, 0) is 24.3 Å². The van der Waals surface area contributed by atoms with Crippen molar-refractivity contribution in [3.63, 3.8) is 0 Å². The topological polar surface area (TPSA) is 70.5 Å². The van der Waals surface area contributed by atoms with E-state index >= 15 is 0 Å². The third-order valence-electron chi connectivity index (χ3n) is 3.68. The van der Waals surface area contributed by atoms with Gasteiger partial charge in [-0.15, -0.1) is 0 Å². The summed E-state index contributed by atoms with van der Waals surface area (Å²) in [6.45, 7) is 0. The van der Waals surface area contributed by atoms with Gasteiger partial charge in [-0.2, -0.15) is 0 Å². The van der Waals surface area contributed by atoms with E-state index in [9.17, 15) is 8.78 Å². The molecule has 0 unspecified atom stereocenters. The van der Waals surface area contributed by atoms with Gasteiger partial charge < -0.3 is 20.9 Å². The second-order valence-electron chi connectivity index (χ2n) is 5.01. The SMILES string of the molecule is COc1ccc(F)c([C@@H](N)[C@@H](N)c2c(F)ccc(OC)c2Cl)c1Cl. The van der Waals surface area contributed by atoms with E-state index in [1.54, 1.807) is 0 Å². The molecule has 0 heterocycles. The van der Waals surface area contributed by atoms with Gasteiger partial charge in [0.05, 0.1) is 36.3 Å². The summed E-state index contributed by atoms with van der Waals surface area (Å²) in [7, 11) is 2.76. The minimum Gasteiger partial charge on any atom is -0.495 e. The molecule has 0 fully saturated rings. The van der Waals surface area contributed by atoms with E-state index in [0.29, 0.717) is 0 Å². The van der Waals surface area contributed by atoms with Crippen molar-refractivity contribution in [2.45, 2.75) is 12.1 Å². The monoisotopic (exact) mass is 376 g/mol. The Bertz CT molecular complexity index is 696. The Kier molecular flexibility index (Phi) is 5.87. The number of halogens is 4. The van der Waals surface area contributed by atoms with Crippen LogP contribution in [0.1, 0.15) is 23.2 Å². The molecule has 2 rings (SSSR count). The molecule has 24 heavy (non-hydrogen) atoms. The van der Waals surface area contributed by atoms with Crippen LogP contribution in [0.3, 0.4) is 0 Å². The Labute approximate surface area is 148 Å². The molecule has 130 valence electrons. The van der Waals surface area contributed by atoms with Gasteiger partial charge in [0.2, 0.25) is 0 Å². The van der Waals surface area contributed by atoms with Crippen molar-refractivity contribution < 1.29 is 18.3 Å². The van der Waals surface area contributed by atoms with E-state index < -0.39 is 23.7 Å². The van der Waals surface area contributed by atoms with E-state index in [2.05, 4.69) is 0 Å². The lowest BCUT2D eigenvalue weighted by atomic mass is 9.93. The first-order valence-corrected chi connectivity index (χ1v) is 7.64. The van der Waals surface area contributed by atoms with Crippen molar-refractivity contribution in [3.05, 3.63) is 57.1 Å². The van der Waals surface area contributed by atoms with Crippen molar-refractivity contribution >= 4 is 23.2 Å². The maximum atomic E-state index is 14.2. The number of rotatable bonds is 5. The van der Waals surface area contributed by atoms with Gasteiger partial charge in [0, 0.05) is 11.1 Å². The van der Waals surface area contributed by atoms with Crippen molar-refractivity contribution in [3.8, 4) is 11.5 Å². The Balaban J connectivity index is 2.54. The molecule has 0 saturated carbocycles. The highest BCUT2D eigenvalue weighted by Gasteiger charge is 2.29. The fourth-order valence-electron chi connectivity index (χ4n) is 2.38. The van der Waals surface area contributed by atoms with E-state index in [1.165, 1.54) is 26.4 Å². The molecule has 2 aromatic carbocycles. The van der Waals surface area contributed by atoms with Crippen LogP contribution >= 0.6 is 23.2 Å². The molecule has 2 atom stereocenters. The zero-order valence-corrected chi connectivity index (χ0v) is 14.5. The molecule has 0 aliphatic rings. The molecule has 4 N–H and O–H groups in total. The molecular weight excluding hydrogens is 361 g/mol. The summed E-state index contributed by atoms with van der Waals surface area (Å²) in [5, 5.41) is -0.0558. The van der Waals surface area contributed by atoms with Crippen LogP contribution in [-0.2, 0) is 0 Å². The standard InChI is InChI=1S/C16H16Cl2F2N2O2/c1-23-9-5-3-7(19)11(13(9)17)15(21)16(22)12-8(20)4-6-10(24-2)14(12)18/h3-6,15-16H,21-22H2,1-2H3/t15-,16+. The molecule has 0 aliphatic carbocycles. The lowest BCUT2D eigenvalue weighted by Crippen LogP contribution is -2.29. The summed E-state index contributed by atoms with van der Waals surface area (Å²) < 4.78 is 38.5. The molecule has 0 saturated heterocycles. The predicted molar refractivity (Wildman–Crippen MR) is 89.8 cm³/mol. The van der Waals surface area contributed by atoms with Crippen LogP contribution in [0.2, 0.25) is 10.0 Å². The summed E-state index contributed by atoms with van der Waals surface area (Å²) in [6, 6.07) is 2.70. The second kappa shape index (κ2) is 7.53. The summed E-state index contributed by atoms with van der Waals surface area (Å²) in [4.78, 5) is 0. The lowest BCUT2D eigenvalue weighted by Gasteiger charge is -2.24. The first-order valence-electron chi connectivity index (χ1n) is 6.88. The van der Waals surface area contributed by atoms with Gasteiger partial charge in [0.1, 0.15) is 23.1 Å². The summed E-state index contributed by atoms with van der Waals surface area (Å²) >= 11 is 12.3. The maximum Gasteiger partial charge on any atom is 0.138 e. The molecule has 2 aromatic rings. The first kappa shape index (κ1) is 18.7. The summed E-state index contributed by atoms with van der Waals surface area (Å²) in [5.74, 6) is -0.896. The van der Waals surface area contributed by atoms with Gasteiger partial charge in [-0.25, -0.2) is 8.78 Å². The number of methoxy groups -OCH3 is 2. The minimum absolute atomic E-state index is 0.0279. The average Bonchev–Trinajstić information content (AvgIpc) is 2.55. The first-order chi connectivity index (χ1) is 11.3.